The normalized spacial score (nSPS) is 10.2. The van der Waals surface area contributed by atoms with Crippen LogP contribution in [0.15, 0.2) is 24.3 Å². The molecule has 0 heterocycles. The first kappa shape index (κ1) is 13.7. The first-order valence-electron chi connectivity index (χ1n) is 5.94. The van der Waals surface area contributed by atoms with E-state index in [4.69, 9.17) is 12.0 Å². The number of hydrogen-bond donors (Lipinski definition) is 2. The van der Waals surface area contributed by atoms with Gasteiger partial charge in [-0.05, 0) is 30.9 Å². The number of hydrogen-bond acceptors (Lipinski definition) is 2. The molecule has 0 bridgehead atoms. The largest absolute Gasteiger partial charge is 0.396 e. The molecule has 3 heteroatoms. The summed E-state index contributed by atoms with van der Waals surface area (Å²) in [6.45, 7) is 6.36. The third-order valence-corrected chi connectivity index (χ3v) is 2.50. The fourth-order valence-corrected chi connectivity index (χ4v) is 1.57. The molecular weight excluding hydrogens is 214 g/mol. The number of aliphatic hydroxyl groups excluding tert-OH is 1. The zero-order chi connectivity index (χ0) is 12.5. The predicted octanol–water partition coefficient (Wildman–Crippen LogP) is 1.91. The summed E-state index contributed by atoms with van der Waals surface area (Å²) in [5.41, 5.74) is 1.72. The van der Waals surface area contributed by atoms with Crippen LogP contribution in [0.5, 0.6) is 0 Å². The molecule has 1 aromatic carbocycles. The van der Waals surface area contributed by atoms with Crippen LogP contribution in [0.25, 0.3) is 0 Å². The fourth-order valence-electron chi connectivity index (χ4n) is 1.57. The summed E-state index contributed by atoms with van der Waals surface area (Å²) in [6, 6.07) is 7.48. The fraction of sp³-hybridized carbons (Fsp3) is 0.429. The maximum atomic E-state index is 11.5. The van der Waals surface area contributed by atoms with E-state index in [1.165, 1.54) is 0 Å². The number of aliphatic hydroxyl groups is 1. The summed E-state index contributed by atoms with van der Waals surface area (Å²) in [5.74, 6) is 0.0466. The predicted molar refractivity (Wildman–Crippen MR) is 67.2 cm³/mol. The van der Waals surface area contributed by atoms with Crippen molar-refractivity contribution in [2.45, 2.75) is 32.2 Å². The molecule has 0 saturated carbocycles. The van der Waals surface area contributed by atoms with Gasteiger partial charge in [0.1, 0.15) is 0 Å². The number of carbonyl (C=O) groups is 1. The number of benzene rings is 1. The molecule has 1 rings (SSSR count). The van der Waals surface area contributed by atoms with E-state index >= 15 is 0 Å². The molecule has 0 aliphatic rings. The highest BCUT2D eigenvalue weighted by atomic mass is 16.2. The van der Waals surface area contributed by atoms with E-state index in [9.17, 15) is 4.79 Å². The smallest absolute Gasteiger partial charge is 0.220 e. The summed E-state index contributed by atoms with van der Waals surface area (Å²) in [7, 11) is 0. The van der Waals surface area contributed by atoms with Crippen molar-refractivity contribution in [2.75, 3.05) is 6.61 Å². The Morgan fingerprint density at radius 3 is 2.82 bits per heavy atom. The molecule has 0 saturated heterocycles. The van der Waals surface area contributed by atoms with Crippen molar-refractivity contribution < 1.29 is 9.90 Å². The van der Waals surface area contributed by atoms with Gasteiger partial charge in [-0.1, -0.05) is 30.7 Å². The van der Waals surface area contributed by atoms with Gasteiger partial charge in [0.05, 0.1) is 0 Å². The van der Waals surface area contributed by atoms with Crippen molar-refractivity contribution >= 4 is 5.91 Å². The summed E-state index contributed by atoms with van der Waals surface area (Å²) in [4.78, 5) is 11.5. The Morgan fingerprint density at radius 1 is 1.29 bits per heavy atom. The van der Waals surface area contributed by atoms with Crippen LogP contribution in [0.3, 0.4) is 0 Å². The minimum absolute atomic E-state index is 0.0466. The van der Waals surface area contributed by atoms with Gasteiger partial charge in [-0.3, -0.25) is 4.79 Å². The Morgan fingerprint density at radius 2 is 2.12 bits per heavy atom. The molecule has 0 fully saturated rings. The van der Waals surface area contributed by atoms with E-state index in [1.807, 2.05) is 24.3 Å². The van der Waals surface area contributed by atoms with Crippen LogP contribution in [-0.4, -0.2) is 17.6 Å². The highest BCUT2D eigenvalue weighted by Gasteiger charge is 2.01. The Labute approximate surface area is 103 Å². The Bertz CT molecular complexity index is 350. The van der Waals surface area contributed by atoms with Crippen LogP contribution in [0.1, 0.15) is 36.8 Å². The Balaban J connectivity index is 2.19. The van der Waals surface area contributed by atoms with E-state index in [2.05, 4.69) is 5.32 Å². The van der Waals surface area contributed by atoms with E-state index < -0.39 is 0 Å². The van der Waals surface area contributed by atoms with Gasteiger partial charge in [-0.25, -0.2) is 0 Å². The van der Waals surface area contributed by atoms with E-state index in [1.54, 1.807) is 0 Å². The number of carbonyl (C=O) groups excluding carboxylic acids is 1. The van der Waals surface area contributed by atoms with E-state index in [-0.39, 0.29) is 12.5 Å². The first-order valence-corrected chi connectivity index (χ1v) is 5.94. The third-order valence-electron chi connectivity index (χ3n) is 2.50. The SMILES string of the molecule is [CH]c1cccc(CNC(=O)CCCCCO)c1. The second-order valence-electron chi connectivity index (χ2n) is 4.06. The van der Waals surface area contributed by atoms with Crippen LogP contribution < -0.4 is 5.32 Å². The molecule has 0 aliphatic heterocycles. The molecule has 3 nitrogen and oxygen atoms in total. The lowest BCUT2D eigenvalue weighted by Crippen LogP contribution is -2.22. The van der Waals surface area contributed by atoms with Gasteiger partial charge in [-0.2, -0.15) is 0 Å². The van der Waals surface area contributed by atoms with Gasteiger partial charge in [0.2, 0.25) is 5.91 Å². The minimum atomic E-state index is 0.0466. The molecule has 0 aromatic heterocycles. The number of rotatable bonds is 7. The lowest BCUT2D eigenvalue weighted by Gasteiger charge is -2.05. The van der Waals surface area contributed by atoms with Gasteiger partial charge in [-0.15, -0.1) is 0 Å². The quantitative estimate of drug-likeness (QED) is 0.707. The van der Waals surface area contributed by atoms with Crippen LogP contribution >= 0.6 is 0 Å². The lowest BCUT2D eigenvalue weighted by molar-refractivity contribution is -0.121. The maximum absolute atomic E-state index is 11.5. The van der Waals surface area contributed by atoms with Gasteiger partial charge in [0, 0.05) is 19.6 Å². The van der Waals surface area contributed by atoms with Gasteiger partial charge in [0.25, 0.3) is 0 Å². The zero-order valence-electron chi connectivity index (χ0n) is 9.98. The summed E-state index contributed by atoms with van der Waals surface area (Å²) >= 11 is 0. The third kappa shape index (κ3) is 6.07. The highest BCUT2D eigenvalue weighted by molar-refractivity contribution is 5.75. The van der Waals surface area contributed by atoms with Crippen LogP contribution in [0.4, 0.5) is 0 Å². The highest BCUT2D eigenvalue weighted by Crippen LogP contribution is 2.04. The average molecular weight is 233 g/mol. The molecule has 1 amide bonds. The lowest BCUT2D eigenvalue weighted by atomic mass is 10.1. The molecule has 2 N–H and O–H groups in total. The molecule has 0 aliphatic carbocycles. The monoisotopic (exact) mass is 233 g/mol. The topological polar surface area (TPSA) is 49.3 Å². The minimum Gasteiger partial charge on any atom is -0.396 e. The molecule has 0 spiro atoms. The zero-order valence-corrected chi connectivity index (χ0v) is 9.98. The number of nitrogens with one attached hydrogen (secondary N) is 1. The molecule has 0 unspecified atom stereocenters. The number of amides is 1. The molecule has 17 heavy (non-hydrogen) atoms. The van der Waals surface area contributed by atoms with E-state index in [0.717, 1.165) is 24.8 Å². The van der Waals surface area contributed by atoms with Crippen molar-refractivity contribution in [3.63, 3.8) is 0 Å². The van der Waals surface area contributed by atoms with Crippen molar-refractivity contribution in [3.8, 4) is 0 Å². The van der Waals surface area contributed by atoms with Crippen molar-refractivity contribution in [3.05, 3.63) is 42.3 Å². The van der Waals surface area contributed by atoms with Crippen molar-refractivity contribution in [1.29, 1.82) is 0 Å². The molecule has 1 aromatic rings. The standard InChI is InChI=1S/C14H19NO2/c1-12-6-5-7-13(10-12)11-15-14(17)8-3-2-4-9-16/h1,5-7,10,16H,2-4,8-9,11H2,(H,15,17). The van der Waals surface area contributed by atoms with Crippen LogP contribution in [-0.2, 0) is 11.3 Å². The van der Waals surface area contributed by atoms with Crippen LogP contribution in [0, 0.1) is 6.92 Å². The summed E-state index contributed by atoms with van der Waals surface area (Å²) in [6.07, 6.45) is 3.00. The Kier molecular flexibility index (Phi) is 6.33. The summed E-state index contributed by atoms with van der Waals surface area (Å²) < 4.78 is 0. The van der Waals surface area contributed by atoms with Crippen molar-refractivity contribution in [2.24, 2.45) is 0 Å². The van der Waals surface area contributed by atoms with Gasteiger partial charge < -0.3 is 10.4 Å². The second-order valence-corrected chi connectivity index (χ2v) is 4.06. The molecule has 2 radical (unpaired) electrons. The van der Waals surface area contributed by atoms with E-state index in [0.29, 0.717) is 18.5 Å². The second kappa shape index (κ2) is 7.85. The first-order chi connectivity index (χ1) is 8.22. The maximum Gasteiger partial charge on any atom is 0.220 e. The summed E-state index contributed by atoms with van der Waals surface area (Å²) in [5, 5.41) is 11.4. The van der Waals surface area contributed by atoms with Crippen LogP contribution in [0.2, 0.25) is 0 Å². The molecule has 0 atom stereocenters. The Hall–Kier alpha value is -1.35. The number of unbranched alkanes of at least 4 members (excludes halogenated alkanes) is 2. The van der Waals surface area contributed by atoms with Crippen molar-refractivity contribution in [1.82, 2.24) is 5.32 Å². The van der Waals surface area contributed by atoms with Gasteiger partial charge in [0.15, 0.2) is 0 Å². The van der Waals surface area contributed by atoms with Gasteiger partial charge >= 0.3 is 0 Å². The molecular formula is C14H19NO2. The average Bonchev–Trinajstić information content (AvgIpc) is 2.32. The molecule has 92 valence electrons.